The van der Waals surface area contributed by atoms with Crippen molar-refractivity contribution < 1.29 is 21.6 Å². The minimum absolute atomic E-state index is 0.0179. The van der Waals surface area contributed by atoms with E-state index in [0.29, 0.717) is 16.9 Å². The van der Waals surface area contributed by atoms with Crippen molar-refractivity contribution in [1.29, 1.82) is 0 Å². The summed E-state index contributed by atoms with van der Waals surface area (Å²) in [7, 11) is -0.468. The molecule has 0 radical (unpaired) electrons. The van der Waals surface area contributed by atoms with Crippen molar-refractivity contribution in [2.75, 3.05) is 19.4 Å². The number of nitrogens with zero attached hydrogens (tertiary/aromatic N) is 2. The molecule has 1 aliphatic heterocycles. The Morgan fingerprint density at radius 1 is 1.10 bits per heavy atom. The van der Waals surface area contributed by atoms with Crippen molar-refractivity contribution in [2.45, 2.75) is 30.1 Å². The Morgan fingerprint density at radius 2 is 1.76 bits per heavy atom. The first-order chi connectivity index (χ1) is 13.5. The molecule has 0 aromatic heterocycles. The van der Waals surface area contributed by atoms with E-state index in [2.05, 4.69) is 15.0 Å². The van der Waals surface area contributed by atoms with Gasteiger partial charge in [-0.25, -0.2) is 13.1 Å². The van der Waals surface area contributed by atoms with Crippen molar-refractivity contribution >= 4 is 27.7 Å². The van der Waals surface area contributed by atoms with Crippen LogP contribution < -0.4 is 10.0 Å². The molecule has 0 fully saturated rings. The third-order valence-corrected chi connectivity index (χ3v) is 6.33. The van der Waals surface area contributed by atoms with Gasteiger partial charge in [0.25, 0.3) is 0 Å². The minimum Gasteiger partial charge on any atom is -0.361 e. The lowest BCUT2D eigenvalue weighted by Crippen LogP contribution is -2.26. The molecule has 0 spiro atoms. The van der Waals surface area contributed by atoms with Crippen molar-refractivity contribution in [1.82, 2.24) is 9.62 Å². The molecule has 10 heteroatoms. The Morgan fingerprint density at radius 3 is 2.28 bits per heavy atom. The monoisotopic (exact) mass is 426 g/mol. The Balaban J connectivity index is 2.00. The normalized spacial score (nSPS) is 19.6. The van der Waals surface area contributed by atoms with Gasteiger partial charge in [0.05, 0.1) is 28.9 Å². The number of sulfonamides is 1. The zero-order chi connectivity index (χ0) is 21.4. The van der Waals surface area contributed by atoms with Gasteiger partial charge in [0.1, 0.15) is 0 Å². The molecule has 2 unspecified atom stereocenters. The predicted molar refractivity (Wildman–Crippen MR) is 106 cm³/mol. The van der Waals surface area contributed by atoms with Gasteiger partial charge < -0.3 is 10.2 Å². The number of hydrogen-bond donors (Lipinski definition) is 2. The van der Waals surface area contributed by atoms with Crippen molar-refractivity contribution in [3.05, 3.63) is 53.6 Å². The first kappa shape index (κ1) is 21.1. The molecule has 2 aromatic carbocycles. The molecule has 6 nitrogen and oxygen atoms in total. The summed E-state index contributed by atoms with van der Waals surface area (Å²) in [6.07, 6.45) is -2.73. The lowest BCUT2D eigenvalue weighted by molar-refractivity contribution is -0.137. The van der Waals surface area contributed by atoms with Crippen molar-refractivity contribution in [3.63, 3.8) is 0 Å². The third kappa shape index (κ3) is 4.38. The molecular formula is C19H21F3N4O2S. The summed E-state index contributed by atoms with van der Waals surface area (Å²) in [6, 6.07) is 8.87. The van der Waals surface area contributed by atoms with Gasteiger partial charge in [-0.05, 0) is 56.4 Å². The maximum atomic E-state index is 12.8. The molecule has 0 saturated carbocycles. The fourth-order valence-corrected chi connectivity index (χ4v) is 3.82. The van der Waals surface area contributed by atoms with Crippen LogP contribution in [0.5, 0.6) is 0 Å². The molecule has 0 amide bonds. The maximum Gasteiger partial charge on any atom is 0.416 e. The fourth-order valence-electron chi connectivity index (χ4n) is 3.05. The first-order valence-corrected chi connectivity index (χ1v) is 10.3. The van der Waals surface area contributed by atoms with Gasteiger partial charge in [0.15, 0.2) is 0 Å². The van der Waals surface area contributed by atoms with Gasteiger partial charge in [-0.3, -0.25) is 4.99 Å². The van der Waals surface area contributed by atoms with Crippen LogP contribution >= 0.6 is 0 Å². The van der Waals surface area contributed by atoms with E-state index in [9.17, 15) is 21.6 Å². The molecule has 0 aliphatic carbocycles. The summed E-state index contributed by atoms with van der Waals surface area (Å²) >= 11 is 0. The third-order valence-electron chi connectivity index (χ3n) is 4.92. The van der Waals surface area contributed by atoms with Gasteiger partial charge >= 0.3 is 6.18 Å². The molecule has 1 heterocycles. The number of aliphatic imine (C=N–C) groups is 1. The molecule has 29 heavy (non-hydrogen) atoms. The van der Waals surface area contributed by atoms with Crippen molar-refractivity contribution in [2.24, 2.45) is 4.99 Å². The number of anilines is 2. The number of likely N-dealkylation sites (N-methyl/N-ethyl adjacent to an activating group) is 1. The lowest BCUT2D eigenvalue weighted by atomic mass is 9.99. The van der Waals surface area contributed by atoms with E-state index in [-0.39, 0.29) is 17.0 Å². The standard InChI is InChI=1S/C19H21F3N4O2S/c1-12-18(24-11-26(12)3)16-10-15(29(27,28)23-2)8-9-17(16)25-14-6-4-13(5-7-14)19(20,21)22/h4-12,18,23,25H,1-3H3. The van der Waals surface area contributed by atoms with Gasteiger partial charge in [-0.1, -0.05) is 0 Å². The summed E-state index contributed by atoms with van der Waals surface area (Å²) in [5.74, 6) is 0. The molecular weight excluding hydrogens is 405 g/mol. The number of benzene rings is 2. The number of hydrogen-bond acceptors (Lipinski definition) is 5. The number of nitrogens with one attached hydrogen (secondary N) is 2. The van der Waals surface area contributed by atoms with E-state index in [1.165, 1.54) is 31.3 Å². The van der Waals surface area contributed by atoms with Gasteiger partial charge in [0, 0.05) is 24.0 Å². The topological polar surface area (TPSA) is 73.8 Å². The first-order valence-electron chi connectivity index (χ1n) is 8.80. The van der Waals surface area contributed by atoms with Crippen LogP contribution in [0.4, 0.5) is 24.5 Å². The Labute approximate surface area is 167 Å². The number of rotatable bonds is 5. The van der Waals surface area contributed by atoms with Gasteiger partial charge in [0.2, 0.25) is 10.0 Å². The second-order valence-corrected chi connectivity index (χ2v) is 8.66. The average Bonchev–Trinajstić information content (AvgIpc) is 3.00. The summed E-state index contributed by atoms with van der Waals surface area (Å²) in [4.78, 5) is 6.46. The predicted octanol–water partition coefficient (Wildman–Crippen LogP) is 3.76. The minimum atomic E-state index is -4.41. The summed E-state index contributed by atoms with van der Waals surface area (Å²) in [6.45, 7) is 1.96. The van der Waals surface area contributed by atoms with Gasteiger partial charge in [-0.2, -0.15) is 13.2 Å². The molecule has 0 bridgehead atoms. The van der Waals surface area contributed by atoms with Crippen LogP contribution in [0.2, 0.25) is 0 Å². The van der Waals surface area contributed by atoms with Crippen LogP contribution in [0.15, 0.2) is 52.4 Å². The zero-order valence-electron chi connectivity index (χ0n) is 16.0. The number of alkyl halides is 3. The highest BCUT2D eigenvalue weighted by Crippen LogP contribution is 2.36. The van der Waals surface area contributed by atoms with E-state index in [4.69, 9.17) is 0 Å². The number of halogens is 3. The largest absolute Gasteiger partial charge is 0.416 e. The zero-order valence-corrected chi connectivity index (χ0v) is 16.8. The Kier molecular flexibility index (Phi) is 5.59. The van der Waals surface area contributed by atoms with E-state index in [1.54, 1.807) is 12.4 Å². The molecule has 0 saturated heterocycles. The highest BCUT2D eigenvalue weighted by molar-refractivity contribution is 7.89. The Bertz CT molecular complexity index is 1020. The Hall–Kier alpha value is -2.59. The fraction of sp³-hybridized carbons (Fsp3) is 0.316. The maximum absolute atomic E-state index is 12.8. The quantitative estimate of drug-likeness (QED) is 0.764. The lowest BCUT2D eigenvalue weighted by Gasteiger charge is -2.23. The van der Waals surface area contributed by atoms with E-state index in [1.807, 2.05) is 18.9 Å². The second kappa shape index (κ2) is 7.68. The SMILES string of the molecule is CNS(=O)(=O)c1ccc(Nc2ccc(C(F)(F)F)cc2)c(C2N=CN(C)C2C)c1. The van der Waals surface area contributed by atoms with E-state index in [0.717, 1.165) is 12.1 Å². The highest BCUT2D eigenvalue weighted by atomic mass is 32.2. The molecule has 156 valence electrons. The summed E-state index contributed by atoms with van der Waals surface area (Å²) in [5.41, 5.74) is 0.916. The smallest absolute Gasteiger partial charge is 0.361 e. The van der Waals surface area contributed by atoms with Crippen molar-refractivity contribution in [3.8, 4) is 0 Å². The van der Waals surface area contributed by atoms with Crippen LogP contribution in [0.1, 0.15) is 24.1 Å². The molecule has 3 rings (SSSR count). The van der Waals surface area contributed by atoms with Crippen LogP contribution in [0.3, 0.4) is 0 Å². The summed E-state index contributed by atoms with van der Waals surface area (Å²) < 4.78 is 65.1. The molecule has 1 aliphatic rings. The van der Waals surface area contributed by atoms with Crippen LogP contribution in [0, 0.1) is 0 Å². The van der Waals surface area contributed by atoms with Crippen LogP contribution in [-0.4, -0.2) is 39.8 Å². The summed E-state index contributed by atoms with van der Waals surface area (Å²) in [5, 5.41) is 3.09. The molecule has 2 atom stereocenters. The average molecular weight is 426 g/mol. The van der Waals surface area contributed by atoms with E-state index >= 15 is 0 Å². The van der Waals surface area contributed by atoms with Crippen LogP contribution in [0.25, 0.3) is 0 Å². The molecule has 2 aromatic rings. The van der Waals surface area contributed by atoms with E-state index < -0.39 is 21.8 Å². The van der Waals surface area contributed by atoms with Gasteiger partial charge in [-0.15, -0.1) is 0 Å². The van der Waals surface area contributed by atoms with Crippen LogP contribution in [-0.2, 0) is 16.2 Å². The molecule has 2 N–H and O–H groups in total. The highest BCUT2D eigenvalue weighted by Gasteiger charge is 2.31. The second-order valence-electron chi connectivity index (χ2n) is 6.77.